The van der Waals surface area contributed by atoms with Crippen molar-refractivity contribution in [2.45, 2.75) is 6.42 Å². The van der Waals surface area contributed by atoms with Gasteiger partial charge in [-0.3, -0.25) is 0 Å². The highest BCUT2D eigenvalue weighted by Gasteiger charge is 3.37. The number of hydrogen-bond acceptors (Lipinski definition) is 2. The van der Waals surface area contributed by atoms with Crippen LogP contribution in [0.15, 0.2) is 5.18 Å². The van der Waals surface area contributed by atoms with Crippen molar-refractivity contribution in [2.75, 3.05) is 6.54 Å². The van der Waals surface area contributed by atoms with Gasteiger partial charge in [-0.25, -0.2) is 0 Å². The van der Waals surface area contributed by atoms with E-state index in [0.717, 1.165) is 57.8 Å². The summed E-state index contributed by atoms with van der Waals surface area (Å²) in [6.45, 7) is 0.729. The van der Waals surface area contributed by atoms with Crippen molar-refractivity contribution in [1.82, 2.24) is 0 Å². The van der Waals surface area contributed by atoms with E-state index in [0.29, 0.717) is 5.41 Å². The second-order valence-corrected chi connectivity index (χ2v) is 8.75. The third kappa shape index (κ3) is 0.146. The summed E-state index contributed by atoms with van der Waals surface area (Å²) in [7, 11) is 0. The third-order valence-electron chi connectivity index (χ3n) is 10.9. The Morgan fingerprint density at radius 2 is 2.06 bits per heavy atom. The number of hydrogen-bond donors (Lipinski definition) is 0. The van der Waals surface area contributed by atoms with Crippen molar-refractivity contribution in [2.24, 2.45) is 73.7 Å². The maximum absolute atomic E-state index is 10.9. The molecule has 0 aliphatic heterocycles. The van der Waals surface area contributed by atoms with Gasteiger partial charge in [0.05, 0.1) is 6.54 Å². The molecule has 0 aromatic rings. The SMILES string of the molecule is O=NCC12[C@H]3C14C1CC5C6C7C8C4C51C63C872. The van der Waals surface area contributed by atoms with Crippen molar-refractivity contribution in [3.63, 3.8) is 0 Å². The Morgan fingerprint density at radius 1 is 1.12 bits per heavy atom. The molecule has 2 bridgehead atoms. The summed E-state index contributed by atoms with van der Waals surface area (Å²) in [5, 5.41) is 3.40. The first-order valence-corrected chi connectivity index (χ1v) is 7.18. The fourth-order valence-corrected chi connectivity index (χ4v) is 12.7. The topological polar surface area (TPSA) is 29.4 Å². The highest BCUT2D eigenvalue weighted by molar-refractivity contribution is 5.82. The average Bonchev–Trinajstić information content (AvgIpc) is 2.92. The van der Waals surface area contributed by atoms with Crippen LogP contribution in [-0.4, -0.2) is 6.54 Å². The molecular formula is C14H11NO. The lowest BCUT2D eigenvalue weighted by molar-refractivity contribution is -0.500. The predicted octanol–water partition coefficient (Wildman–Crippen LogP) is 1.51. The van der Waals surface area contributed by atoms with Gasteiger partial charge in [-0.2, -0.15) is 4.91 Å². The molecule has 9 aliphatic rings. The fraction of sp³-hybridized carbons (Fsp3) is 1.00. The molecule has 78 valence electrons. The highest BCUT2D eigenvalue weighted by atomic mass is 16.3. The number of nitrogens with zero attached hydrogens (tertiary/aromatic N) is 1. The van der Waals surface area contributed by atoms with Crippen molar-refractivity contribution in [3.05, 3.63) is 4.91 Å². The largest absolute Gasteiger partial charge is 0.151 e. The Hall–Kier alpha value is -0.400. The molecule has 9 rings (SSSR count). The first-order valence-electron chi connectivity index (χ1n) is 7.18. The normalized spacial score (nSPS) is 110. The second kappa shape index (κ2) is 0.940. The van der Waals surface area contributed by atoms with Crippen LogP contribution in [0.5, 0.6) is 0 Å². The summed E-state index contributed by atoms with van der Waals surface area (Å²) < 4.78 is 0. The Labute approximate surface area is 92.1 Å². The van der Waals surface area contributed by atoms with Crippen LogP contribution >= 0.6 is 0 Å². The lowest BCUT2D eigenvalue weighted by atomic mass is 9.07. The van der Waals surface area contributed by atoms with Gasteiger partial charge in [0.25, 0.3) is 0 Å². The van der Waals surface area contributed by atoms with Crippen molar-refractivity contribution < 1.29 is 0 Å². The first kappa shape index (κ1) is 5.97. The molecule has 12 atom stereocenters. The lowest BCUT2D eigenvalue weighted by Crippen LogP contribution is -2.93. The van der Waals surface area contributed by atoms with Crippen LogP contribution < -0.4 is 0 Å². The summed E-state index contributed by atoms with van der Waals surface area (Å²) in [6, 6.07) is 0. The van der Waals surface area contributed by atoms with Gasteiger partial charge in [0.2, 0.25) is 0 Å². The monoisotopic (exact) mass is 209 g/mol. The van der Waals surface area contributed by atoms with Crippen LogP contribution in [0.2, 0.25) is 0 Å². The van der Waals surface area contributed by atoms with Crippen LogP contribution in [0, 0.1) is 73.4 Å². The van der Waals surface area contributed by atoms with Gasteiger partial charge in [-0.15, -0.1) is 0 Å². The van der Waals surface area contributed by atoms with Crippen molar-refractivity contribution >= 4 is 0 Å². The van der Waals surface area contributed by atoms with E-state index in [1.165, 1.54) is 11.8 Å². The minimum atomic E-state index is 0.552. The van der Waals surface area contributed by atoms with Crippen LogP contribution in [0.4, 0.5) is 0 Å². The van der Waals surface area contributed by atoms with Gasteiger partial charge in [-0.05, 0) is 69.5 Å². The molecule has 16 heavy (non-hydrogen) atoms. The van der Waals surface area contributed by atoms with E-state index < -0.39 is 0 Å². The molecule has 0 aromatic carbocycles. The molecule has 0 N–H and O–H groups in total. The van der Waals surface area contributed by atoms with Crippen molar-refractivity contribution in [3.8, 4) is 0 Å². The fourth-order valence-electron chi connectivity index (χ4n) is 12.7. The quantitative estimate of drug-likeness (QED) is 0.634. The van der Waals surface area contributed by atoms with Crippen LogP contribution in [0.1, 0.15) is 6.42 Å². The summed E-state index contributed by atoms with van der Waals surface area (Å²) in [5.74, 6) is 8.03. The Bertz CT molecular complexity index is 659. The summed E-state index contributed by atoms with van der Waals surface area (Å²) in [4.78, 5) is 10.9. The maximum Gasteiger partial charge on any atom is 0.0881 e. The Balaban J connectivity index is 1.57. The van der Waals surface area contributed by atoms with Gasteiger partial charge in [0.1, 0.15) is 0 Å². The van der Waals surface area contributed by atoms with E-state index in [2.05, 4.69) is 5.18 Å². The molecule has 9 aliphatic carbocycles. The van der Waals surface area contributed by atoms with E-state index >= 15 is 0 Å². The molecule has 0 amide bonds. The summed E-state index contributed by atoms with van der Waals surface area (Å²) >= 11 is 0. The molecule has 9 fully saturated rings. The zero-order valence-corrected chi connectivity index (χ0v) is 8.81. The molecular weight excluding hydrogens is 198 g/mol. The zero-order valence-electron chi connectivity index (χ0n) is 8.81. The second-order valence-electron chi connectivity index (χ2n) is 8.75. The van der Waals surface area contributed by atoms with E-state index in [1.807, 2.05) is 0 Å². The molecule has 0 heterocycles. The van der Waals surface area contributed by atoms with Gasteiger partial charge in [0, 0.05) is 5.41 Å². The van der Waals surface area contributed by atoms with Crippen LogP contribution in [0.25, 0.3) is 0 Å². The van der Waals surface area contributed by atoms with Crippen LogP contribution in [-0.2, 0) is 0 Å². The van der Waals surface area contributed by atoms with Gasteiger partial charge >= 0.3 is 0 Å². The molecule has 0 radical (unpaired) electrons. The summed E-state index contributed by atoms with van der Waals surface area (Å²) in [6.07, 6.45) is 1.58. The minimum absolute atomic E-state index is 0.552. The van der Waals surface area contributed by atoms with Gasteiger partial charge < -0.3 is 0 Å². The molecule has 2 heteroatoms. The van der Waals surface area contributed by atoms with E-state index in [9.17, 15) is 4.91 Å². The highest BCUT2D eigenvalue weighted by Crippen LogP contribution is 3.38. The number of fused-ring (bicyclic) bond motifs is 2. The number of rotatable bonds is 2. The standard InChI is InChI=1S/C14H11NO/c16-15-2-10-9-12(10)4-1-3-5-6-7-8(12)11(3,4)14(5,9)13(6,7)10/h3-9H,1-2H2/t3?,4?,5?,6?,7?,8?,9-,10?,11?,12?,13?,14?/m0/s1. The van der Waals surface area contributed by atoms with Crippen LogP contribution in [0.3, 0.4) is 0 Å². The maximum atomic E-state index is 10.9. The van der Waals surface area contributed by atoms with Gasteiger partial charge in [-0.1, -0.05) is 5.18 Å². The molecule has 0 saturated heterocycles. The summed E-state index contributed by atoms with van der Waals surface area (Å²) in [5.41, 5.74) is 3.96. The zero-order chi connectivity index (χ0) is 9.66. The predicted molar refractivity (Wildman–Crippen MR) is 51.9 cm³/mol. The average molecular weight is 209 g/mol. The van der Waals surface area contributed by atoms with E-state index in [1.54, 1.807) is 6.42 Å². The van der Waals surface area contributed by atoms with Gasteiger partial charge in [0.15, 0.2) is 0 Å². The third-order valence-corrected chi connectivity index (χ3v) is 10.9. The van der Waals surface area contributed by atoms with E-state index in [4.69, 9.17) is 0 Å². The molecule has 2 nitrogen and oxygen atoms in total. The first-order chi connectivity index (χ1) is 7.89. The molecule has 9 saturated carbocycles. The number of nitroso groups, excluding NO2 is 1. The molecule has 11 unspecified atom stereocenters. The smallest absolute Gasteiger partial charge is 0.0881 e. The Morgan fingerprint density at radius 3 is 2.88 bits per heavy atom. The van der Waals surface area contributed by atoms with E-state index in [-0.39, 0.29) is 0 Å². The van der Waals surface area contributed by atoms with Crippen molar-refractivity contribution in [1.29, 1.82) is 0 Å². The molecule has 4 spiro atoms. The lowest BCUT2D eigenvalue weighted by Gasteiger charge is -2.96. The molecule has 0 aromatic heterocycles. The minimum Gasteiger partial charge on any atom is -0.151 e. The Kier molecular flexibility index (Phi) is 0.351.